The van der Waals surface area contributed by atoms with Gasteiger partial charge >= 0.3 is 18.0 Å². The molecule has 2 heterocycles. The summed E-state index contributed by atoms with van der Waals surface area (Å²) < 4.78 is 5.75. The lowest BCUT2D eigenvalue weighted by Crippen LogP contribution is -2.40. The number of carboxylic acid groups (broad SMARTS) is 2. The number of aliphatic hydroxyl groups excluding tert-OH is 1. The first-order chi connectivity index (χ1) is 30.8. The van der Waals surface area contributed by atoms with Crippen LogP contribution in [0.4, 0.5) is 16.2 Å². The number of rotatable bonds is 17. The number of nitrogens with zero attached hydrogens (tertiary/aromatic N) is 2. The minimum Gasteiger partial charge on any atom is -0.506 e. The van der Waals surface area contributed by atoms with Crippen LogP contribution >= 0.6 is 0 Å². The number of hydrogen-bond donors (Lipinski definition) is 8. The lowest BCUT2D eigenvalue weighted by atomic mass is 10.0. The Hall–Kier alpha value is -7.12. The number of para-hydroxylation sites is 1. The van der Waals surface area contributed by atoms with Crippen molar-refractivity contribution in [3.05, 3.63) is 125 Å². The van der Waals surface area contributed by atoms with E-state index in [9.17, 15) is 29.4 Å². The molecule has 1 atom stereocenters. The number of carboxylic acids is 2. The third kappa shape index (κ3) is 15.9. The average Bonchev–Trinajstić information content (AvgIpc) is 3.29. The summed E-state index contributed by atoms with van der Waals surface area (Å²) in [5.41, 5.74) is 4.86. The van der Waals surface area contributed by atoms with Crippen molar-refractivity contribution in [2.75, 3.05) is 50.4 Å². The van der Waals surface area contributed by atoms with Crippen molar-refractivity contribution in [1.82, 2.24) is 20.1 Å². The molecule has 0 spiro atoms. The number of aromatic amines is 1. The molecule has 1 aliphatic rings. The second-order valence-corrected chi connectivity index (χ2v) is 15.3. The normalized spacial score (nSPS) is 13.0. The zero-order valence-electron chi connectivity index (χ0n) is 36.0. The number of benzene rings is 4. The number of hydrogen-bond acceptors (Lipinski definition) is 11. The number of aliphatic carboxylic acids is 2. The number of unbranched alkanes of at least 4 members (excludes halogenated alkanes) is 1. The average molecular weight is 897 g/mol. The number of H-pyrrole nitrogens is 1. The minimum atomic E-state index is -1.82. The Morgan fingerprint density at radius 2 is 1.51 bits per heavy atom. The molecule has 0 radical (unpaired) electrons. The fraction of sp³-hybridized carbons (Fsp3) is 0.319. The van der Waals surface area contributed by atoms with Crippen molar-refractivity contribution in [3.63, 3.8) is 0 Å². The first-order valence-electron chi connectivity index (χ1n) is 20.9. The molecular weight excluding hydrogens is 841 g/mol. The summed E-state index contributed by atoms with van der Waals surface area (Å²) >= 11 is 0. The first kappa shape index (κ1) is 50.5. The molecule has 346 valence electrons. The van der Waals surface area contributed by atoms with Crippen LogP contribution in [0.2, 0.25) is 0 Å². The standard InChI is InChI=1S/C45H52N6O7.C2H2O4.H2O/c1-50(43(56)24-28-51-26-22-34(23-27-51)58-45(57)48-38-12-6-5-11-35(38)32-9-3-2-4-10-32)25-8-7-13-41(54)47-33-16-14-31(15-17-33)29-46-30-40(53)36-18-20-39(52)44-37(36)19-21-42(55)49-44;3-1(4)2(5)6;/h2-6,9-12,14-21,34,40,46,52-53H,7-8,13,22-30H2,1H3,(H,47,54)(H,48,57)(H,49,55);(H,3,4)(H,5,6);1H2/t40-;;/m0../s1. The molecule has 1 fully saturated rings. The van der Waals surface area contributed by atoms with E-state index in [4.69, 9.17) is 24.5 Å². The molecule has 18 heteroatoms. The number of likely N-dealkylation sites (tertiary alicyclic amines) is 1. The predicted molar refractivity (Wildman–Crippen MR) is 244 cm³/mol. The predicted octanol–water partition coefficient (Wildman–Crippen LogP) is 4.73. The zero-order valence-corrected chi connectivity index (χ0v) is 36.0. The van der Waals surface area contributed by atoms with E-state index in [1.165, 1.54) is 12.1 Å². The molecule has 1 aliphatic heterocycles. The fourth-order valence-electron chi connectivity index (χ4n) is 7.15. The quantitative estimate of drug-likeness (QED) is 0.0464. The molecule has 5 aromatic rings. The maximum atomic E-state index is 12.8. The molecule has 10 N–H and O–H groups in total. The smallest absolute Gasteiger partial charge is 0.414 e. The van der Waals surface area contributed by atoms with Gasteiger partial charge in [0.15, 0.2) is 0 Å². The van der Waals surface area contributed by atoms with Gasteiger partial charge in [0.25, 0.3) is 0 Å². The topological polar surface area (TPSA) is 282 Å². The van der Waals surface area contributed by atoms with Crippen LogP contribution in [0, 0.1) is 0 Å². The Labute approximate surface area is 375 Å². The number of carbonyl (C=O) groups excluding carboxylic acids is 3. The highest BCUT2D eigenvalue weighted by atomic mass is 16.6. The number of ether oxygens (including phenoxy) is 1. The SMILES string of the molecule is CN(CCCCC(=O)Nc1ccc(CNC[C@H](O)c2ccc(O)c3[nH]c(=O)ccc23)cc1)C(=O)CCN1CCC(OC(=O)Nc2ccccc2-c2ccccc2)CC1.O.O=C(O)C(=O)O. The molecule has 0 aliphatic carbocycles. The lowest BCUT2D eigenvalue weighted by Gasteiger charge is -2.31. The number of pyridine rings is 1. The largest absolute Gasteiger partial charge is 0.506 e. The molecule has 1 aromatic heterocycles. The van der Waals surface area contributed by atoms with Crippen LogP contribution in [-0.2, 0) is 30.5 Å². The summed E-state index contributed by atoms with van der Waals surface area (Å²) in [5, 5.41) is 45.3. The number of phenols is 1. The molecule has 6 rings (SSSR count). The molecule has 4 aromatic carbocycles. The van der Waals surface area contributed by atoms with Gasteiger partial charge in [-0.2, -0.15) is 0 Å². The maximum absolute atomic E-state index is 12.8. The number of carbonyl (C=O) groups is 5. The van der Waals surface area contributed by atoms with Gasteiger partial charge in [0.05, 0.1) is 17.3 Å². The van der Waals surface area contributed by atoms with Crippen molar-refractivity contribution >= 4 is 52.1 Å². The van der Waals surface area contributed by atoms with Crippen molar-refractivity contribution in [3.8, 4) is 16.9 Å². The molecule has 18 nitrogen and oxygen atoms in total. The van der Waals surface area contributed by atoms with Crippen LogP contribution in [0.25, 0.3) is 22.0 Å². The van der Waals surface area contributed by atoms with Gasteiger partial charge in [-0.15, -0.1) is 0 Å². The van der Waals surface area contributed by atoms with Crippen LogP contribution in [0.15, 0.2) is 108 Å². The number of nitrogens with one attached hydrogen (secondary N) is 4. The molecule has 0 saturated carbocycles. The summed E-state index contributed by atoms with van der Waals surface area (Å²) in [5.74, 6) is -3.73. The number of phenolic OH excluding ortho intramolecular Hbond substituents is 1. The van der Waals surface area contributed by atoms with Crippen LogP contribution in [0.1, 0.15) is 55.8 Å². The molecule has 0 unspecified atom stereocenters. The van der Waals surface area contributed by atoms with E-state index in [0.29, 0.717) is 86.0 Å². The van der Waals surface area contributed by atoms with E-state index >= 15 is 0 Å². The summed E-state index contributed by atoms with van der Waals surface area (Å²) in [7, 11) is 1.80. The van der Waals surface area contributed by atoms with Gasteiger partial charge < -0.3 is 56.1 Å². The van der Waals surface area contributed by atoms with Crippen molar-refractivity contribution in [2.24, 2.45) is 0 Å². The van der Waals surface area contributed by atoms with Crippen LogP contribution < -0.4 is 21.5 Å². The zero-order chi connectivity index (χ0) is 46.0. The highest BCUT2D eigenvalue weighted by molar-refractivity contribution is 6.27. The number of aromatic hydroxyl groups is 1. The monoisotopic (exact) mass is 896 g/mol. The molecule has 1 saturated heterocycles. The van der Waals surface area contributed by atoms with Gasteiger partial charge in [0, 0.05) is 81.9 Å². The first-order valence-corrected chi connectivity index (χ1v) is 20.9. The van der Waals surface area contributed by atoms with E-state index in [0.717, 1.165) is 29.8 Å². The third-order valence-corrected chi connectivity index (χ3v) is 10.6. The number of aliphatic hydroxyl groups is 1. The van der Waals surface area contributed by atoms with Gasteiger partial charge in [0.1, 0.15) is 11.9 Å². The van der Waals surface area contributed by atoms with Gasteiger partial charge in [-0.25, -0.2) is 14.4 Å². The Kier molecular flexibility index (Phi) is 19.6. The maximum Gasteiger partial charge on any atom is 0.414 e. The van der Waals surface area contributed by atoms with Crippen molar-refractivity contribution in [1.29, 1.82) is 0 Å². The summed E-state index contributed by atoms with van der Waals surface area (Å²) in [6, 6.07) is 31.1. The third-order valence-electron chi connectivity index (χ3n) is 10.6. The van der Waals surface area contributed by atoms with Gasteiger partial charge in [-0.3, -0.25) is 19.7 Å². The second-order valence-electron chi connectivity index (χ2n) is 15.3. The summed E-state index contributed by atoms with van der Waals surface area (Å²) in [6.45, 7) is 3.46. The fourth-order valence-corrected chi connectivity index (χ4v) is 7.15. The molecule has 0 bridgehead atoms. The Bertz CT molecular complexity index is 2410. The van der Waals surface area contributed by atoms with Crippen molar-refractivity contribution in [2.45, 2.75) is 57.3 Å². The minimum absolute atomic E-state index is 0. The second kappa shape index (κ2) is 25.2. The van der Waals surface area contributed by atoms with Gasteiger partial charge in [0.2, 0.25) is 17.4 Å². The Morgan fingerprint density at radius 3 is 2.20 bits per heavy atom. The van der Waals surface area contributed by atoms with Gasteiger partial charge in [-0.05, 0) is 72.7 Å². The van der Waals surface area contributed by atoms with Gasteiger partial charge in [-0.1, -0.05) is 66.7 Å². The number of anilines is 2. The number of fused-ring (bicyclic) bond motifs is 1. The summed E-state index contributed by atoms with van der Waals surface area (Å²) in [4.78, 5) is 74.6. The highest BCUT2D eigenvalue weighted by Gasteiger charge is 2.24. The Balaban J connectivity index is 0.00000124. The van der Waals surface area contributed by atoms with E-state index in [1.807, 2.05) is 78.9 Å². The molecule has 3 amide bonds. The molecule has 65 heavy (non-hydrogen) atoms. The van der Waals surface area contributed by atoms with Crippen LogP contribution in [-0.4, -0.2) is 116 Å². The Morgan fingerprint density at radius 1 is 0.831 bits per heavy atom. The van der Waals surface area contributed by atoms with E-state index < -0.39 is 24.1 Å². The van der Waals surface area contributed by atoms with Crippen molar-refractivity contribution < 1.29 is 54.6 Å². The summed E-state index contributed by atoms with van der Waals surface area (Å²) in [6.07, 6.45) is 2.03. The molecular formula is C47H56N6O12. The van der Waals surface area contributed by atoms with E-state index in [1.54, 1.807) is 24.1 Å². The van der Waals surface area contributed by atoms with Crippen LogP contribution in [0.5, 0.6) is 5.75 Å². The number of aromatic nitrogens is 1. The highest BCUT2D eigenvalue weighted by Crippen LogP contribution is 2.29. The number of piperidine rings is 1. The number of amides is 3. The lowest BCUT2D eigenvalue weighted by molar-refractivity contribution is -0.159. The van der Waals surface area contributed by atoms with Crippen LogP contribution in [0.3, 0.4) is 0 Å². The van der Waals surface area contributed by atoms with E-state index in [2.05, 4.69) is 25.8 Å². The van der Waals surface area contributed by atoms with E-state index in [-0.39, 0.29) is 41.2 Å².